The summed E-state index contributed by atoms with van der Waals surface area (Å²) in [6, 6.07) is 16.1. The van der Waals surface area contributed by atoms with Gasteiger partial charge in [0.1, 0.15) is 0 Å². The van der Waals surface area contributed by atoms with E-state index in [9.17, 15) is 9.59 Å². The summed E-state index contributed by atoms with van der Waals surface area (Å²) < 4.78 is 4.74. The molecule has 8 aromatic rings. The standard InChI is InChI=1S/C30H8Br6O2/c31-13-1-3-15(33)25-21(13)11-5-9-7-18(36)28-24-12(22-14(32)2-4-16(34)26(22)30(28)38)6-10-8-17(35)27(29(25)37)23(11)19(10)20(9)24/h1-8H. The summed E-state index contributed by atoms with van der Waals surface area (Å²) in [5, 5.41) is 12.1. The zero-order valence-corrected chi connectivity index (χ0v) is 28.2. The topological polar surface area (TPSA) is 34.1 Å². The molecule has 0 saturated heterocycles. The van der Waals surface area contributed by atoms with Gasteiger partial charge in [0.2, 0.25) is 0 Å². The Morgan fingerprint density at radius 2 is 0.658 bits per heavy atom. The van der Waals surface area contributed by atoms with Gasteiger partial charge in [-0.1, -0.05) is 63.7 Å². The molecular formula is C30H8Br6O2. The Morgan fingerprint density at radius 3 is 1.03 bits per heavy atom. The highest BCUT2D eigenvalue weighted by Gasteiger charge is 2.26. The average Bonchev–Trinajstić information content (AvgIpc) is 2.87. The van der Waals surface area contributed by atoms with Gasteiger partial charge in [-0.15, -0.1) is 0 Å². The van der Waals surface area contributed by atoms with Gasteiger partial charge in [-0.3, -0.25) is 9.59 Å². The lowest BCUT2D eigenvalue weighted by atomic mass is 9.84. The third-order valence-corrected chi connectivity index (χ3v) is 11.6. The second-order valence-corrected chi connectivity index (χ2v) is 14.6. The molecule has 0 aliphatic carbocycles. The van der Waals surface area contributed by atoms with Crippen molar-refractivity contribution in [2.45, 2.75) is 0 Å². The Bertz CT molecular complexity index is 2330. The molecule has 0 saturated carbocycles. The van der Waals surface area contributed by atoms with Crippen LogP contribution in [0.25, 0.3) is 75.4 Å². The smallest absolute Gasteiger partial charge is 0.196 e. The lowest BCUT2D eigenvalue weighted by molar-refractivity contribution is 1.65. The maximum Gasteiger partial charge on any atom is 0.196 e. The van der Waals surface area contributed by atoms with Crippen molar-refractivity contribution in [3.63, 3.8) is 0 Å². The number of halogens is 6. The van der Waals surface area contributed by atoms with E-state index in [4.69, 9.17) is 0 Å². The molecule has 8 aromatic carbocycles. The average molecular weight is 880 g/mol. The van der Waals surface area contributed by atoms with Crippen molar-refractivity contribution in [2.24, 2.45) is 0 Å². The van der Waals surface area contributed by atoms with Gasteiger partial charge in [0.15, 0.2) is 10.9 Å². The van der Waals surface area contributed by atoms with Gasteiger partial charge in [0.25, 0.3) is 0 Å². The molecule has 0 spiro atoms. The van der Waals surface area contributed by atoms with Crippen LogP contribution in [-0.2, 0) is 0 Å². The molecule has 2 nitrogen and oxygen atoms in total. The van der Waals surface area contributed by atoms with Gasteiger partial charge in [0.05, 0.1) is 0 Å². The molecule has 0 amide bonds. The maximum absolute atomic E-state index is 14.0. The summed E-state index contributed by atoms with van der Waals surface area (Å²) >= 11 is 22.2. The Kier molecular flexibility index (Phi) is 5.18. The van der Waals surface area contributed by atoms with E-state index in [0.717, 1.165) is 80.7 Å². The minimum atomic E-state index is -0.0349. The maximum atomic E-state index is 14.0. The number of fused-ring (bicyclic) bond motifs is 4. The van der Waals surface area contributed by atoms with Crippen LogP contribution in [0.2, 0.25) is 0 Å². The van der Waals surface area contributed by atoms with Gasteiger partial charge >= 0.3 is 0 Å². The molecule has 182 valence electrons. The molecule has 0 aliphatic rings. The van der Waals surface area contributed by atoms with E-state index >= 15 is 0 Å². The van der Waals surface area contributed by atoms with Crippen LogP contribution in [0.4, 0.5) is 0 Å². The Labute approximate surface area is 264 Å². The van der Waals surface area contributed by atoms with Crippen LogP contribution in [-0.4, -0.2) is 0 Å². The molecule has 0 aliphatic heterocycles. The SMILES string of the molecule is O=c1c2c(Br)ccc(Br)c2c2cc3cc(Br)c4c(=O)c5c(Br)ccc(Br)c5c5cc6cc(Br)c1c2c6c3c45. The lowest BCUT2D eigenvalue weighted by Gasteiger charge is -2.21. The molecule has 0 unspecified atom stereocenters. The number of hydrogen-bond acceptors (Lipinski definition) is 2. The van der Waals surface area contributed by atoms with Gasteiger partial charge in [-0.25, -0.2) is 0 Å². The molecule has 0 aromatic heterocycles. The predicted octanol–water partition coefficient (Wildman–Crippen LogP) is 11.4. The molecular weight excluding hydrogens is 872 g/mol. The van der Waals surface area contributed by atoms with Crippen LogP contribution >= 0.6 is 95.6 Å². The first-order valence-electron chi connectivity index (χ1n) is 11.4. The highest BCUT2D eigenvalue weighted by Crippen LogP contribution is 2.50. The Hall–Kier alpha value is -1.42. The van der Waals surface area contributed by atoms with Crippen molar-refractivity contribution in [2.75, 3.05) is 0 Å². The van der Waals surface area contributed by atoms with Crippen LogP contribution < -0.4 is 10.9 Å². The molecule has 0 heterocycles. The number of rotatable bonds is 0. The molecule has 38 heavy (non-hydrogen) atoms. The highest BCUT2D eigenvalue weighted by atomic mass is 79.9. The number of benzene rings is 8. The molecule has 0 radical (unpaired) electrons. The summed E-state index contributed by atoms with van der Waals surface area (Å²) in [7, 11) is 0. The quantitative estimate of drug-likeness (QED) is 0.112. The van der Waals surface area contributed by atoms with Gasteiger partial charge < -0.3 is 0 Å². The molecule has 8 heteroatoms. The summed E-state index contributed by atoms with van der Waals surface area (Å²) in [5.74, 6) is 0. The van der Waals surface area contributed by atoms with Crippen molar-refractivity contribution in [1.29, 1.82) is 0 Å². The Balaban J connectivity index is 1.83. The first-order valence-corrected chi connectivity index (χ1v) is 16.2. The third-order valence-electron chi connectivity index (χ3n) is 7.66. The third kappa shape index (κ3) is 2.87. The fourth-order valence-corrected chi connectivity index (χ4v) is 9.62. The van der Waals surface area contributed by atoms with E-state index in [1.165, 1.54) is 0 Å². The van der Waals surface area contributed by atoms with Crippen LogP contribution in [0.1, 0.15) is 0 Å². The lowest BCUT2D eigenvalue weighted by Crippen LogP contribution is -2.08. The normalized spacial score (nSPS) is 12.7. The van der Waals surface area contributed by atoms with E-state index in [1.807, 2.05) is 36.4 Å². The minimum Gasteiger partial charge on any atom is -0.288 e. The van der Waals surface area contributed by atoms with E-state index in [2.05, 4.69) is 108 Å². The minimum absolute atomic E-state index is 0.0349. The molecule has 0 fully saturated rings. The summed E-state index contributed by atoms with van der Waals surface area (Å²) in [4.78, 5) is 28.0. The van der Waals surface area contributed by atoms with Gasteiger partial charge in [-0.05, 0) is 113 Å². The Morgan fingerprint density at radius 1 is 0.342 bits per heavy atom. The molecule has 0 bridgehead atoms. The summed E-state index contributed by atoms with van der Waals surface area (Å²) in [5.41, 5.74) is -0.0698. The fraction of sp³-hybridized carbons (Fsp3) is 0. The molecule has 0 N–H and O–H groups in total. The van der Waals surface area contributed by atoms with Crippen molar-refractivity contribution >= 4 is 171 Å². The van der Waals surface area contributed by atoms with Crippen molar-refractivity contribution < 1.29 is 0 Å². The largest absolute Gasteiger partial charge is 0.288 e. The van der Waals surface area contributed by atoms with E-state index < -0.39 is 0 Å². The van der Waals surface area contributed by atoms with Crippen LogP contribution in [0.3, 0.4) is 0 Å². The second-order valence-electron chi connectivity index (χ2n) is 9.48. The summed E-state index contributed by atoms with van der Waals surface area (Å²) in [6.45, 7) is 0. The molecule has 8 rings (SSSR count). The van der Waals surface area contributed by atoms with E-state index in [1.54, 1.807) is 0 Å². The fourth-order valence-electron chi connectivity index (χ4n) is 6.26. The first-order chi connectivity index (χ1) is 18.2. The van der Waals surface area contributed by atoms with E-state index in [0.29, 0.717) is 21.5 Å². The van der Waals surface area contributed by atoms with Crippen molar-refractivity contribution in [3.8, 4) is 0 Å². The van der Waals surface area contributed by atoms with E-state index in [-0.39, 0.29) is 10.9 Å². The first kappa shape index (κ1) is 24.4. The van der Waals surface area contributed by atoms with Crippen LogP contribution in [0.15, 0.2) is 85.0 Å². The van der Waals surface area contributed by atoms with Crippen molar-refractivity contribution in [1.82, 2.24) is 0 Å². The zero-order valence-electron chi connectivity index (χ0n) is 18.7. The van der Waals surface area contributed by atoms with Gasteiger partial charge in [-0.2, -0.15) is 0 Å². The highest BCUT2D eigenvalue weighted by molar-refractivity contribution is 9.11. The van der Waals surface area contributed by atoms with Crippen molar-refractivity contribution in [3.05, 3.63) is 95.8 Å². The van der Waals surface area contributed by atoms with Gasteiger partial charge in [0, 0.05) is 69.9 Å². The molecule has 0 atom stereocenters. The zero-order chi connectivity index (χ0) is 26.4. The van der Waals surface area contributed by atoms with Crippen LogP contribution in [0, 0.1) is 0 Å². The number of hydrogen-bond donors (Lipinski definition) is 0. The predicted molar refractivity (Wildman–Crippen MR) is 181 cm³/mol. The summed E-state index contributed by atoms with van der Waals surface area (Å²) in [6.07, 6.45) is 0. The monoisotopic (exact) mass is 874 g/mol. The second kappa shape index (κ2) is 8.08. The van der Waals surface area contributed by atoms with Crippen LogP contribution in [0.5, 0.6) is 0 Å².